The highest BCUT2D eigenvalue weighted by Gasteiger charge is 2.33. The Labute approximate surface area is 200 Å². The zero-order chi connectivity index (χ0) is 24.4. The molecule has 4 heterocycles. The minimum atomic E-state index is -3.39. The van der Waals surface area contributed by atoms with Crippen LogP contribution in [0.1, 0.15) is 25.2 Å². The molecule has 0 bridgehead atoms. The van der Waals surface area contributed by atoms with E-state index in [-0.39, 0.29) is 41.3 Å². The number of anilines is 1. The molecule has 0 radical (unpaired) electrons. The first-order chi connectivity index (χ1) is 16.0. The van der Waals surface area contributed by atoms with Crippen LogP contribution in [0.25, 0.3) is 22.3 Å². The van der Waals surface area contributed by atoms with Gasteiger partial charge in [-0.25, -0.2) is 27.8 Å². The summed E-state index contributed by atoms with van der Waals surface area (Å²) >= 11 is 6.42. The van der Waals surface area contributed by atoms with Crippen molar-refractivity contribution in [3.8, 4) is 17.0 Å². The van der Waals surface area contributed by atoms with E-state index >= 15 is 4.39 Å². The number of rotatable bonds is 4. The van der Waals surface area contributed by atoms with Crippen molar-refractivity contribution in [2.24, 2.45) is 0 Å². The maximum atomic E-state index is 15.1. The molecule has 2 aliphatic rings. The van der Waals surface area contributed by atoms with E-state index < -0.39 is 28.0 Å². The first-order valence-electron chi connectivity index (χ1n) is 10.8. The van der Waals surface area contributed by atoms with Gasteiger partial charge in [0, 0.05) is 18.7 Å². The van der Waals surface area contributed by atoms with Gasteiger partial charge in [0.05, 0.1) is 41.4 Å². The smallest absolute Gasteiger partial charge is 0.223 e. The Morgan fingerprint density at radius 2 is 2.12 bits per heavy atom. The molecule has 34 heavy (non-hydrogen) atoms. The second kappa shape index (κ2) is 8.29. The second-order valence-electron chi connectivity index (χ2n) is 8.74. The summed E-state index contributed by atoms with van der Waals surface area (Å²) < 4.78 is 47.8. The first-order valence-corrected chi connectivity index (χ1v) is 13.0. The number of hydrogen-bond acceptors (Lipinski definition) is 8. The van der Waals surface area contributed by atoms with Gasteiger partial charge >= 0.3 is 0 Å². The van der Waals surface area contributed by atoms with E-state index in [4.69, 9.17) is 16.3 Å². The number of imidazole rings is 1. The van der Waals surface area contributed by atoms with Crippen molar-refractivity contribution in [3.63, 3.8) is 0 Å². The Morgan fingerprint density at radius 3 is 2.82 bits per heavy atom. The molecule has 5 rings (SSSR count). The van der Waals surface area contributed by atoms with Crippen molar-refractivity contribution in [2.75, 3.05) is 31.3 Å². The molecule has 0 aliphatic carbocycles. The van der Waals surface area contributed by atoms with Crippen molar-refractivity contribution in [2.45, 2.75) is 38.5 Å². The monoisotopic (exact) mass is 510 g/mol. The number of ether oxygens (including phenoxy) is 1. The Morgan fingerprint density at radius 1 is 1.35 bits per heavy atom. The molecule has 1 unspecified atom stereocenters. The van der Waals surface area contributed by atoms with Crippen molar-refractivity contribution in [1.82, 2.24) is 23.8 Å². The van der Waals surface area contributed by atoms with E-state index in [0.29, 0.717) is 35.7 Å². The van der Waals surface area contributed by atoms with Gasteiger partial charge in [-0.3, -0.25) is 0 Å². The van der Waals surface area contributed by atoms with Crippen LogP contribution < -0.4 is 10.1 Å². The fourth-order valence-corrected chi connectivity index (χ4v) is 5.67. The van der Waals surface area contributed by atoms with Crippen molar-refractivity contribution < 1.29 is 22.7 Å². The number of aryl methyl sites for hydroxylation is 1. The minimum absolute atomic E-state index is 0.00969. The van der Waals surface area contributed by atoms with Crippen molar-refractivity contribution in [1.29, 1.82) is 0 Å². The summed E-state index contributed by atoms with van der Waals surface area (Å²) in [6.45, 7) is 4.41. The molecule has 1 fully saturated rings. The summed E-state index contributed by atoms with van der Waals surface area (Å²) in [5.41, 5.74) is 1.44. The zero-order valence-corrected chi connectivity index (χ0v) is 20.4. The normalized spacial score (nSPS) is 23.2. The zero-order valence-electron chi connectivity index (χ0n) is 18.8. The van der Waals surface area contributed by atoms with Crippen LogP contribution in [-0.4, -0.2) is 75.4 Å². The molecule has 0 saturated carbocycles. The van der Waals surface area contributed by atoms with Gasteiger partial charge in [-0.1, -0.05) is 11.6 Å². The molecule has 3 atom stereocenters. The molecule has 182 valence electrons. The van der Waals surface area contributed by atoms with Crippen LogP contribution in [0.2, 0.25) is 5.02 Å². The third-order valence-corrected chi connectivity index (χ3v) is 7.83. The molecule has 1 aromatic carbocycles. The van der Waals surface area contributed by atoms with E-state index in [0.717, 1.165) is 6.26 Å². The fraction of sp³-hybridized carbons (Fsp3) is 0.476. The van der Waals surface area contributed by atoms with Crippen molar-refractivity contribution in [3.05, 3.63) is 28.9 Å². The quantitative estimate of drug-likeness (QED) is 0.548. The predicted octanol–water partition coefficient (Wildman–Crippen LogP) is 2.35. The van der Waals surface area contributed by atoms with Gasteiger partial charge in [0.25, 0.3) is 0 Å². The Hall–Kier alpha value is -2.54. The van der Waals surface area contributed by atoms with Crippen LogP contribution in [0.3, 0.4) is 0 Å². The highest BCUT2D eigenvalue weighted by Crippen LogP contribution is 2.43. The highest BCUT2D eigenvalue weighted by atomic mass is 35.5. The molecule has 13 heteroatoms. The number of halogens is 2. The van der Waals surface area contributed by atoms with Crippen LogP contribution in [-0.2, 0) is 10.0 Å². The molecular weight excluding hydrogens is 487 g/mol. The SMILES string of the molecule is Cc1nc2c(F)cc(-c3nc(N[C@@H]4CCN(S(C)(=O)=O)C[C@H]4O)ncc3Cl)c3c2n1C(C)CO3. The number of β-amino-alcohol motifs (C(OH)–C–C–N with tert-alkyl or cyclic N) is 1. The standard InChI is InChI=1S/C21H24ClFN6O4S/c1-10-9-33-20-12(6-14(23)18-19(20)29(10)11(2)25-18)17-13(22)7-24-21(27-17)26-15-4-5-28(8-16(15)30)34(3,31)32/h6-7,10,15-16,30H,4-5,8-9H2,1-3H3,(H,24,26,27)/t10?,15-,16-/m1/s1. The van der Waals surface area contributed by atoms with Gasteiger partial charge < -0.3 is 19.7 Å². The summed E-state index contributed by atoms with van der Waals surface area (Å²) in [7, 11) is -3.39. The molecule has 1 saturated heterocycles. The Kier molecular flexibility index (Phi) is 5.66. The number of sulfonamides is 1. The van der Waals surface area contributed by atoms with Crippen molar-refractivity contribution >= 4 is 38.6 Å². The number of aliphatic hydroxyl groups excluding tert-OH is 1. The minimum Gasteiger partial charge on any atom is -0.488 e. The first kappa shape index (κ1) is 23.2. The summed E-state index contributed by atoms with van der Waals surface area (Å²) in [6, 6.07) is 0.831. The number of hydrogen-bond donors (Lipinski definition) is 2. The van der Waals surface area contributed by atoms with Crippen LogP contribution in [0.15, 0.2) is 12.3 Å². The number of aliphatic hydroxyl groups is 1. The van der Waals surface area contributed by atoms with Crippen LogP contribution in [0, 0.1) is 12.7 Å². The van der Waals surface area contributed by atoms with E-state index in [1.165, 1.54) is 16.6 Å². The van der Waals surface area contributed by atoms with Gasteiger partial charge in [-0.05, 0) is 26.3 Å². The molecule has 2 N–H and O–H groups in total. The van der Waals surface area contributed by atoms with Gasteiger partial charge in [0.1, 0.15) is 23.5 Å². The maximum absolute atomic E-state index is 15.1. The van der Waals surface area contributed by atoms with Crippen LogP contribution in [0.5, 0.6) is 5.75 Å². The largest absolute Gasteiger partial charge is 0.488 e. The van der Waals surface area contributed by atoms with Crippen LogP contribution >= 0.6 is 11.6 Å². The number of piperidine rings is 1. The molecule has 2 aliphatic heterocycles. The van der Waals surface area contributed by atoms with Gasteiger partial charge in [-0.2, -0.15) is 4.31 Å². The van der Waals surface area contributed by atoms with E-state index in [1.807, 2.05) is 18.4 Å². The van der Waals surface area contributed by atoms with E-state index in [2.05, 4.69) is 20.3 Å². The molecule has 3 aromatic rings. The fourth-order valence-electron chi connectivity index (χ4n) is 4.62. The summed E-state index contributed by atoms with van der Waals surface area (Å²) in [5.74, 6) is 0.802. The molecule has 0 amide bonds. The lowest BCUT2D eigenvalue weighted by atomic mass is 10.0. The average molecular weight is 511 g/mol. The second-order valence-corrected chi connectivity index (χ2v) is 11.1. The maximum Gasteiger partial charge on any atom is 0.223 e. The molecule has 10 nitrogen and oxygen atoms in total. The molecule has 2 aromatic heterocycles. The molecule has 0 spiro atoms. The summed E-state index contributed by atoms with van der Waals surface area (Å²) in [6.07, 6.45) is 1.91. The van der Waals surface area contributed by atoms with Gasteiger partial charge in [0.2, 0.25) is 16.0 Å². The summed E-state index contributed by atoms with van der Waals surface area (Å²) in [5, 5.41) is 13.7. The number of aromatic nitrogens is 4. The van der Waals surface area contributed by atoms with Gasteiger partial charge in [0.15, 0.2) is 11.6 Å². The Bertz CT molecular complexity index is 1400. The lowest BCUT2D eigenvalue weighted by Crippen LogP contribution is -2.51. The Balaban J connectivity index is 1.51. The van der Waals surface area contributed by atoms with Crippen LogP contribution in [0.4, 0.5) is 10.3 Å². The lowest BCUT2D eigenvalue weighted by Gasteiger charge is -2.34. The third kappa shape index (κ3) is 3.88. The molecular formula is C21H24ClFN6O4S. The third-order valence-electron chi connectivity index (χ3n) is 6.28. The van der Waals surface area contributed by atoms with Gasteiger partial charge in [-0.15, -0.1) is 0 Å². The van der Waals surface area contributed by atoms with E-state index in [9.17, 15) is 13.5 Å². The predicted molar refractivity (Wildman–Crippen MR) is 125 cm³/mol. The summed E-state index contributed by atoms with van der Waals surface area (Å²) in [4.78, 5) is 13.1. The number of nitrogens with zero attached hydrogens (tertiary/aromatic N) is 5. The topological polar surface area (TPSA) is 122 Å². The average Bonchev–Trinajstić information content (AvgIpc) is 3.13. The number of benzene rings is 1. The number of nitrogens with one attached hydrogen (secondary N) is 1. The van der Waals surface area contributed by atoms with E-state index in [1.54, 1.807) is 0 Å². The lowest BCUT2D eigenvalue weighted by molar-refractivity contribution is 0.0950. The highest BCUT2D eigenvalue weighted by molar-refractivity contribution is 7.88.